The Balaban J connectivity index is 2.23. The van der Waals surface area contributed by atoms with Gasteiger partial charge in [0.05, 0.1) is 19.2 Å². The van der Waals surface area contributed by atoms with Crippen molar-refractivity contribution < 1.29 is 23.9 Å². The monoisotopic (exact) mass is 281 g/mol. The molecule has 2 bridgehead atoms. The number of nitrogens with zero attached hydrogens (tertiary/aromatic N) is 1. The Bertz CT molecular complexity index is 476. The highest BCUT2D eigenvalue weighted by Gasteiger charge is 2.50. The van der Waals surface area contributed by atoms with Crippen LogP contribution in [0.2, 0.25) is 0 Å². The summed E-state index contributed by atoms with van der Waals surface area (Å²) in [5.74, 6) is -1.77. The van der Waals surface area contributed by atoms with Gasteiger partial charge >= 0.3 is 12.1 Å². The number of piperidine rings is 1. The molecule has 0 unspecified atom stereocenters. The highest BCUT2D eigenvalue weighted by Crippen LogP contribution is 2.34. The fourth-order valence-electron chi connectivity index (χ4n) is 2.58. The van der Waals surface area contributed by atoms with Gasteiger partial charge in [0.15, 0.2) is 5.78 Å². The Kier molecular flexibility index (Phi) is 3.58. The van der Waals surface area contributed by atoms with Crippen molar-refractivity contribution in [3.05, 3.63) is 12.2 Å². The van der Waals surface area contributed by atoms with Gasteiger partial charge in [0, 0.05) is 6.42 Å². The lowest BCUT2D eigenvalue weighted by molar-refractivity contribution is -0.153. The first-order valence-corrected chi connectivity index (χ1v) is 6.55. The molecule has 0 aliphatic carbocycles. The second kappa shape index (κ2) is 4.92. The molecular weight excluding hydrogens is 262 g/mol. The van der Waals surface area contributed by atoms with Crippen LogP contribution in [0, 0.1) is 5.92 Å². The van der Waals surface area contributed by atoms with E-state index in [0.29, 0.717) is 0 Å². The van der Waals surface area contributed by atoms with E-state index in [4.69, 9.17) is 4.74 Å². The van der Waals surface area contributed by atoms with E-state index in [1.807, 2.05) is 0 Å². The smallest absolute Gasteiger partial charge is 0.411 e. The van der Waals surface area contributed by atoms with Crippen molar-refractivity contribution >= 4 is 17.8 Å². The van der Waals surface area contributed by atoms with Crippen molar-refractivity contribution in [3.8, 4) is 0 Å². The van der Waals surface area contributed by atoms with Gasteiger partial charge < -0.3 is 9.47 Å². The molecule has 1 fully saturated rings. The number of carbonyl (C=O) groups is 3. The van der Waals surface area contributed by atoms with Gasteiger partial charge in [-0.2, -0.15) is 0 Å². The molecular formula is C14H19NO5. The number of amides is 1. The SMILES string of the molecule is COC(=O)[C@H]1C(=O)C[C@@H]2C=C[C@H]1N2C(=O)OC(C)(C)C. The average Bonchev–Trinajstić information content (AvgIpc) is 2.63. The number of ether oxygens (including phenoxy) is 2. The fourth-order valence-corrected chi connectivity index (χ4v) is 2.58. The van der Waals surface area contributed by atoms with Crippen LogP contribution in [0.25, 0.3) is 0 Å². The summed E-state index contributed by atoms with van der Waals surface area (Å²) < 4.78 is 10.0. The van der Waals surface area contributed by atoms with Gasteiger partial charge in [0.2, 0.25) is 0 Å². The van der Waals surface area contributed by atoms with Crippen LogP contribution >= 0.6 is 0 Å². The highest BCUT2D eigenvalue weighted by molar-refractivity contribution is 6.02. The maximum atomic E-state index is 12.2. The first kappa shape index (κ1) is 14.6. The van der Waals surface area contributed by atoms with Crippen molar-refractivity contribution in [2.75, 3.05) is 7.11 Å². The number of esters is 1. The number of methoxy groups -OCH3 is 1. The number of fused-ring (bicyclic) bond motifs is 2. The largest absolute Gasteiger partial charge is 0.468 e. The first-order chi connectivity index (χ1) is 9.24. The molecule has 0 aromatic heterocycles. The predicted molar refractivity (Wildman–Crippen MR) is 69.9 cm³/mol. The zero-order chi connectivity index (χ0) is 15.1. The van der Waals surface area contributed by atoms with Crippen LogP contribution in [0.15, 0.2) is 12.2 Å². The summed E-state index contributed by atoms with van der Waals surface area (Å²) in [6.07, 6.45) is 3.08. The maximum Gasteiger partial charge on any atom is 0.411 e. The van der Waals surface area contributed by atoms with E-state index in [1.54, 1.807) is 32.9 Å². The van der Waals surface area contributed by atoms with Crippen molar-refractivity contribution in [2.45, 2.75) is 44.9 Å². The van der Waals surface area contributed by atoms with Crippen LogP contribution in [-0.4, -0.2) is 47.5 Å². The second-order valence-electron chi connectivity index (χ2n) is 6.00. The van der Waals surface area contributed by atoms with Crippen molar-refractivity contribution in [1.82, 2.24) is 4.90 Å². The average molecular weight is 281 g/mol. The summed E-state index contributed by atoms with van der Waals surface area (Å²) >= 11 is 0. The minimum absolute atomic E-state index is 0.117. The number of hydrogen-bond donors (Lipinski definition) is 0. The zero-order valence-corrected chi connectivity index (χ0v) is 12.1. The molecule has 1 amide bonds. The van der Waals surface area contributed by atoms with Crippen LogP contribution in [-0.2, 0) is 19.1 Å². The maximum absolute atomic E-state index is 12.2. The number of rotatable bonds is 1. The lowest BCUT2D eigenvalue weighted by Gasteiger charge is -2.38. The number of carbonyl (C=O) groups excluding carboxylic acids is 3. The molecule has 6 nitrogen and oxygen atoms in total. The molecule has 0 saturated carbocycles. The highest BCUT2D eigenvalue weighted by atomic mass is 16.6. The van der Waals surface area contributed by atoms with E-state index in [-0.39, 0.29) is 18.2 Å². The molecule has 0 radical (unpaired) electrons. The predicted octanol–water partition coefficient (Wildman–Crippen LogP) is 1.29. The Morgan fingerprint density at radius 1 is 1.30 bits per heavy atom. The van der Waals surface area contributed by atoms with Gasteiger partial charge in [0.1, 0.15) is 11.5 Å². The quantitative estimate of drug-likeness (QED) is 0.411. The standard InChI is InChI=1S/C14H19NO5/c1-14(2,3)20-13(18)15-8-5-6-9(15)11(10(16)7-8)12(17)19-4/h5-6,8-9,11H,7H2,1-4H3/t8-,9+,11+/m0/s1. The number of ketones is 1. The summed E-state index contributed by atoms with van der Waals surface area (Å²) in [6.45, 7) is 5.31. The van der Waals surface area contributed by atoms with Crippen molar-refractivity contribution in [1.29, 1.82) is 0 Å². The molecule has 6 heteroatoms. The molecule has 0 spiro atoms. The first-order valence-electron chi connectivity index (χ1n) is 6.55. The fraction of sp³-hybridized carbons (Fsp3) is 0.643. The Labute approximate surface area is 117 Å². The van der Waals surface area contributed by atoms with E-state index in [2.05, 4.69) is 4.74 Å². The molecule has 2 rings (SSSR count). The van der Waals surface area contributed by atoms with E-state index in [1.165, 1.54) is 12.0 Å². The molecule has 20 heavy (non-hydrogen) atoms. The van der Waals surface area contributed by atoms with E-state index in [0.717, 1.165) is 0 Å². The van der Waals surface area contributed by atoms with Gasteiger partial charge in [-0.05, 0) is 20.8 Å². The Morgan fingerprint density at radius 2 is 1.95 bits per heavy atom. The van der Waals surface area contributed by atoms with E-state index < -0.39 is 29.6 Å². The van der Waals surface area contributed by atoms with Crippen molar-refractivity contribution in [2.24, 2.45) is 5.92 Å². The molecule has 0 aromatic carbocycles. The van der Waals surface area contributed by atoms with Gasteiger partial charge in [-0.3, -0.25) is 14.5 Å². The topological polar surface area (TPSA) is 72.9 Å². The molecule has 0 aromatic rings. The van der Waals surface area contributed by atoms with Crippen LogP contribution in [0.5, 0.6) is 0 Å². The van der Waals surface area contributed by atoms with E-state index >= 15 is 0 Å². The normalized spacial score (nSPS) is 28.5. The van der Waals surface area contributed by atoms with Crippen LogP contribution in [0.4, 0.5) is 4.79 Å². The second-order valence-corrected chi connectivity index (χ2v) is 6.00. The molecule has 110 valence electrons. The van der Waals surface area contributed by atoms with Gasteiger partial charge in [-0.15, -0.1) is 0 Å². The third kappa shape index (κ3) is 2.55. The summed E-state index contributed by atoms with van der Waals surface area (Å²) in [5, 5.41) is 0. The third-order valence-electron chi connectivity index (χ3n) is 3.37. The van der Waals surface area contributed by atoms with Crippen LogP contribution in [0.1, 0.15) is 27.2 Å². The van der Waals surface area contributed by atoms with Gasteiger partial charge in [-0.25, -0.2) is 4.79 Å². The molecule has 0 N–H and O–H groups in total. The van der Waals surface area contributed by atoms with Crippen molar-refractivity contribution in [3.63, 3.8) is 0 Å². The third-order valence-corrected chi connectivity index (χ3v) is 3.37. The minimum Gasteiger partial charge on any atom is -0.468 e. The van der Waals surface area contributed by atoms with Crippen LogP contribution < -0.4 is 0 Å². The Hall–Kier alpha value is -1.85. The zero-order valence-electron chi connectivity index (χ0n) is 12.1. The Morgan fingerprint density at radius 3 is 2.50 bits per heavy atom. The van der Waals surface area contributed by atoms with Crippen LogP contribution in [0.3, 0.4) is 0 Å². The summed E-state index contributed by atoms with van der Waals surface area (Å²) in [6, 6.07) is -0.938. The summed E-state index contributed by atoms with van der Waals surface area (Å²) in [7, 11) is 1.23. The molecule has 3 atom stereocenters. The lowest BCUT2D eigenvalue weighted by atomic mass is 9.88. The minimum atomic E-state index is -0.956. The lowest BCUT2D eigenvalue weighted by Crippen LogP contribution is -2.55. The molecule has 2 aliphatic heterocycles. The summed E-state index contributed by atoms with van der Waals surface area (Å²) in [4.78, 5) is 37.4. The van der Waals surface area contributed by atoms with Gasteiger partial charge in [0.25, 0.3) is 0 Å². The molecule has 2 aliphatic rings. The summed E-state index contributed by atoms with van der Waals surface area (Å²) in [5.41, 5.74) is -0.626. The molecule has 1 saturated heterocycles. The van der Waals surface area contributed by atoms with E-state index in [9.17, 15) is 14.4 Å². The van der Waals surface area contributed by atoms with Gasteiger partial charge in [-0.1, -0.05) is 12.2 Å². The molecule has 2 heterocycles. The number of Topliss-reactive ketones (excluding diaryl/α,β-unsaturated/α-hetero) is 1. The number of hydrogen-bond acceptors (Lipinski definition) is 5.